The highest BCUT2D eigenvalue weighted by molar-refractivity contribution is 5.85. The van der Waals surface area contributed by atoms with Gasteiger partial charge in [0.1, 0.15) is 0 Å². The van der Waals surface area contributed by atoms with Crippen LogP contribution in [0.5, 0.6) is 0 Å². The highest BCUT2D eigenvalue weighted by Crippen LogP contribution is 2.28. The van der Waals surface area contributed by atoms with Gasteiger partial charge in [-0.3, -0.25) is 9.59 Å². The number of hydrogen-bond donors (Lipinski definition) is 1. The molecule has 0 aromatic carbocycles. The number of hydrogen-bond acceptors (Lipinski definition) is 3. The summed E-state index contributed by atoms with van der Waals surface area (Å²) < 4.78 is 0. The van der Waals surface area contributed by atoms with Crippen LogP contribution in [0.25, 0.3) is 0 Å². The van der Waals surface area contributed by atoms with Crippen molar-refractivity contribution in [1.29, 1.82) is 0 Å². The van der Waals surface area contributed by atoms with Crippen LogP contribution in [0, 0.1) is 11.8 Å². The molecule has 2 rings (SSSR count). The van der Waals surface area contributed by atoms with E-state index in [0.29, 0.717) is 25.4 Å². The van der Waals surface area contributed by atoms with E-state index < -0.39 is 6.04 Å². The zero-order chi connectivity index (χ0) is 16.8. The molecule has 0 radical (unpaired) electrons. The molecular formula is C18H34ClN3O2. The minimum Gasteiger partial charge on any atom is -0.341 e. The maximum absolute atomic E-state index is 12.5. The monoisotopic (exact) mass is 359 g/mol. The van der Waals surface area contributed by atoms with E-state index in [-0.39, 0.29) is 30.1 Å². The normalized spacial score (nSPS) is 21.8. The second-order valence-corrected chi connectivity index (χ2v) is 7.33. The fraction of sp³-hybridized carbons (Fsp3) is 0.889. The Bertz CT molecular complexity index is 413. The van der Waals surface area contributed by atoms with Gasteiger partial charge >= 0.3 is 0 Å². The molecule has 2 aliphatic rings. The predicted molar refractivity (Wildman–Crippen MR) is 99.0 cm³/mol. The fourth-order valence-corrected chi connectivity index (χ4v) is 3.69. The third-order valence-electron chi connectivity index (χ3n) is 5.64. The highest BCUT2D eigenvalue weighted by atomic mass is 35.5. The molecule has 2 amide bonds. The highest BCUT2D eigenvalue weighted by Gasteiger charge is 2.28. The lowest BCUT2D eigenvalue weighted by Gasteiger charge is -2.27. The summed E-state index contributed by atoms with van der Waals surface area (Å²) >= 11 is 0. The van der Waals surface area contributed by atoms with Crippen molar-refractivity contribution in [3.8, 4) is 0 Å². The van der Waals surface area contributed by atoms with Gasteiger partial charge < -0.3 is 15.5 Å². The Morgan fingerprint density at radius 3 is 2.25 bits per heavy atom. The van der Waals surface area contributed by atoms with Crippen LogP contribution in [0.15, 0.2) is 0 Å². The first-order valence-corrected chi connectivity index (χ1v) is 9.35. The molecule has 0 aromatic rings. The Morgan fingerprint density at radius 1 is 1.04 bits per heavy atom. The van der Waals surface area contributed by atoms with Crippen molar-refractivity contribution in [2.75, 3.05) is 26.2 Å². The molecule has 5 nitrogen and oxygen atoms in total. The van der Waals surface area contributed by atoms with Crippen molar-refractivity contribution in [3.63, 3.8) is 0 Å². The van der Waals surface area contributed by atoms with Gasteiger partial charge in [-0.1, -0.05) is 33.1 Å². The van der Waals surface area contributed by atoms with Crippen LogP contribution in [-0.2, 0) is 9.59 Å². The molecule has 2 atom stereocenters. The van der Waals surface area contributed by atoms with E-state index in [1.807, 2.05) is 16.7 Å². The average Bonchev–Trinajstić information content (AvgIpc) is 2.94. The second-order valence-electron chi connectivity index (χ2n) is 7.33. The smallest absolute Gasteiger partial charge is 0.239 e. The first kappa shape index (κ1) is 21.2. The standard InChI is InChI=1S/C18H33N3O2.ClH/c1-3-14(2)17(19)18(23)21-10-6-9-20(11-12-21)16(22)13-15-7-4-5-8-15;/h14-15,17H,3-13,19H2,1-2H3;1H. The average molecular weight is 360 g/mol. The summed E-state index contributed by atoms with van der Waals surface area (Å²) in [5, 5.41) is 0. The summed E-state index contributed by atoms with van der Waals surface area (Å²) in [5.41, 5.74) is 6.08. The quantitative estimate of drug-likeness (QED) is 0.819. The number of amides is 2. The van der Waals surface area contributed by atoms with Crippen LogP contribution >= 0.6 is 12.4 Å². The molecule has 0 bridgehead atoms. The molecule has 1 saturated heterocycles. The van der Waals surface area contributed by atoms with Crippen LogP contribution in [0.4, 0.5) is 0 Å². The summed E-state index contributed by atoms with van der Waals surface area (Å²) in [4.78, 5) is 28.8. The molecule has 0 spiro atoms. The van der Waals surface area contributed by atoms with Gasteiger partial charge in [-0.25, -0.2) is 0 Å². The fourth-order valence-electron chi connectivity index (χ4n) is 3.69. The summed E-state index contributed by atoms with van der Waals surface area (Å²) in [7, 11) is 0. The molecular weight excluding hydrogens is 326 g/mol. The minimum absolute atomic E-state index is 0. The number of rotatable bonds is 5. The van der Waals surface area contributed by atoms with Gasteiger partial charge in [0.05, 0.1) is 6.04 Å². The molecule has 6 heteroatoms. The maximum Gasteiger partial charge on any atom is 0.239 e. The maximum atomic E-state index is 12.5. The molecule has 2 fully saturated rings. The molecule has 1 heterocycles. The van der Waals surface area contributed by atoms with Crippen molar-refractivity contribution in [2.45, 2.75) is 64.8 Å². The van der Waals surface area contributed by atoms with Gasteiger partial charge in [-0.05, 0) is 31.1 Å². The Balaban J connectivity index is 0.00000288. The molecule has 1 aliphatic heterocycles. The van der Waals surface area contributed by atoms with Gasteiger partial charge in [-0.2, -0.15) is 0 Å². The number of nitrogens with two attached hydrogens (primary N) is 1. The SMILES string of the molecule is CCC(C)C(N)C(=O)N1CCCN(C(=O)CC2CCCC2)CC1.Cl. The van der Waals surface area contributed by atoms with Gasteiger partial charge in [-0.15, -0.1) is 12.4 Å². The molecule has 1 saturated carbocycles. The summed E-state index contributed by atoms with van der Waals surface area (Å²) in [6, 6.07) is -0.416. The zero-order valence-electron chi connectivity index (χ0n) is 15.2. The molecule has 2 unspecified atom stereocenters. The van der Waals surface area contributed by atoms with E-state index >= 15 is 0 Å². The molecule has 0 aromatic heterocycles. The van der Waals surface area contributed by atoms with Gasteiger partial charge in [0.25, 0.3) is 0 Å². The second kappa shape index (κ2) is 10.2. The number of nitrogens with zero attached hydrogens (tertiary/aromatic N) is 2. The van der Waals surface area contributed by atoms with Crippen molar-refractivity contribution >= 4 is 24.2 Å². The molecule has 140 valence electrons. The first-order chi connectivity index (χ1) is 11.0. The van der Waals surface area contributed by atoms with Crippen LogP contribution in [0.2, 0.25) is 0 Å². The Labute approximate surface area is 152 Å². The Hall–Kier alpha value is -0.810. The Kier molecular flexibility index (Phi) is 9.06. The molecule has 1 aliphatic carbocycles. The summed E-state index contributed by atoms with van der Waals surface area (Å²) in [6.45, 7) is 6.86. The van der Waals surface area contributed by atoms with E-state index in [0.717, 1.165) is 25.9 Å². The lowest BCUT2D eigenvalue weighted by atomic mass is 9.99. The van der Waals surface area contributed by atoms with E-state index in [1.165, 1.54) is 25.7 Å². The number of halogens is 1. The number of carbonyl (C=O) groups is 2. The van der Waals surface area contributed by atoms with E-state index in [9.17, 15) is 9.59 Å². The van der Waals surface area contributed by atoms with Crippen LogP contribution in [0.3, 0.4) is 0 Å². The lowest BCUT2D eigenvalue weighted by Crippen LogP contribution is -2.48. The van der Waals surface area contributed by atoms with Crippen LogP contribution in [0.1, 0.15) is 58.8 Å². The van der Waals surface area contributed by atoms with Crippen LogP contribution in [-0.4, -0.2) is 53.8 Å². The third kappa shape index (κ3) is 5.62. The Morgan fingerprint density at radius 2 is 1.62 bits per heavy atom. The van der Waals surface area contributed by atoms with E-state index in [2.05, 4.69) is 6.92 Å². The summed E-state index contributed by atoms with van der Waals surface area (Å²) in [6.07, 6.45) is 7.41. The zero-order valence-corrected chi connectivity index (χ0v) is 16.0. The van der Waals surface area contributed by atoms with E-state index in [4.69, 9.17) is 5.73 Å². The van der Waals surface area contributed by atoms with Crippen molar-refractivity contribution in [1.82, 2.24) is 9.80 Å². The predicted octanol–water partition coefficient (Wildman–Crippen LogP) is 2.42. The van der Waals surface area contributed by atoms with Gasteiger partial charge in [0, 0.05) is 32.6 Å². The van der Waals surface area contributed by atoms with Crippen molar-refractivity contribution in [2.24, 2.45) is 17.6 Å². The largest absolute Gasteiger partial charge is 0.341 e. The summed E-state index contributed by atoms with van der Waals surface area (Å²) in [5.74, 6) is 1.11. The van der Waals surface area contributed by atoms with Crippen molar-refractivity contribution < 1.29 is 9.59 Å². The first-order valence-electron chi connectivity index (χ1n) is 9.35. The molecule has 2 N–H and O–H groups in total. The van der Waals surface area contributed by atoms with E-state index in [1.54, 1.807) is 0 Å². The van der Waals surface area contributed by atoms with Gasteiger partial charge in [0.2, 0.25) is 11.8 Å². The van der Waals surface area contributed by atoms with Gasteiger partial charge in [0.15, 0.2) is 0 Å². The van der Waals surface area contributed by atoms with Crippen molar-refractivity contribution in [3.05, 3.63) is 0 Å². The minimum atomic E-state index is -0.416. The molecule has 24 heavy (non-hydrogen) atoms. The number of carbonyl (C=O) groups excluding carboxylic acids is 2. The third-order valence-corrected chi connectivity index (χ3v) is 5.64. The topological polar surface area (TPSA) is 66.6 Å². The van der Waals surface area contributed by atoms with Crippen LogP contribution < -0.4 is 5.73 Å². The lowest BCUT2D eigenvalue weighted by molar-refractivity contribution is -0.135.